The van der Waals surface area contributed by atoms with Crippen LogP contribution in [0.1, 0.15) is 32.6 Å². The third-order valence-electron chi connectivity index (χ3n) is 1.90. The van der Waals surface area contributed by atoms with Crippen LogP contribution in [0.15, 0.2) is 0 Å². The van der Waals surface area contributed by atoms with E-state index in [4.69, 9.17) is 9.47 Å². The molecule has 0 aliphatic heterocycles. The van der Waals surface area contributed by atoms with Crippen molar-refractivity contribution in [2.24, 2.45) is 0 Å². The van der Waals surface area contributed by atoms with Crippen LogP contribution >= 0.6 is 12.6 Å². The third kappa shape index (κ3) is 7.21. The molecular formula is C10H20O3S. The summed E-state index contributed by atoms with van der Waals surface area (Å²) in [6.45, 7) is 3.19. The normalized spacial score (nSPS) is 12.5. The number of hydrogen-bond acceptors (Lipinski definition) is 4. The lowest BCUT2D eigenvalue weighted by molar-refractivity contribution is -0.143. The first-order chi connectivity index (χ1) is 6.72. The molecule has 4 heteroatoms. The molecule has 0 aromatic carbocycles. The van der Waals surface area contributed by atoms with Gasteiger partial charge >= 0.3 is 5.97 Å². The molecule has 0 fully saturated rings. The van der Waals surface area contributed by atoms with E-state index in [0.29, 0.717) is 13.0 Å². The molecule has 3 nitrogen and oxygen atoms in total. The van der Waals surface area contributed by atoms with Crippen LogP contribution in [0.25, 0.3) is 0 Å². The van der Waals surface area contributed by atoms with Crippen molar-refractivity contribution < 1.29 is 14.3 Å². The van der Waals surface area contributed by atoms with Gasteiger partial charge in [0.1, 0.15) is 0 Å². The highest BCUT2D eigenvalue weighted by Crippen LogP contribution is 2.04. The van der Waals surface area contributed by atoms with Gasteiger partial charge in [-0.15, -0.1) is 0 Å². The molecule has 1 unspecified atom stereocenters. The number of esters is 1. The van der Waals surface area contributed by atoms with Crippen molar-refractivity contribution >= 4 is 18.6 Å². The van der Waals surface area contributed by atoms with Gasteiger partial charge in [0.05, 0.1) is 11.9 Å². The zero-order chi connectivity index (χ0) is 10.8. The van der Waals surface area contributed by atoms with Crippen molar-refractivity contribution in [1.82, 2.24) is 0 Å². The first-order valence-electron chi connectivity index (χ1n) is 5.06. The van der Waals surface area contributed by atoms with Crippen molar-refractivity contribution in [2.75, 3.05) is 20.3 Å². The standard InChI is InChI=1S/C10H20O3S/c1-3-9(14)10(11)13-8-6-4-5-7-12-2/h9,14H,3-8H2,1-2H3. The molecular weight excluding hydrogens is 200 g/mol. The summed E-state index contributed by atoms with van der Waals surface area (Å²) >= 11 is 4.09. The minimum absolute atomic E-state index is 0.206. The van der Waals surface area contributed by atoms with E-state index in [1.54, 1.807) is 7.11 Å². The average Bonchev–Trinajstić information content (AvgIpc) is 2.21. The molecule has 0 aromatic heterocycles. The summed E-state index contributed by atoms with van der Waals surface area (Å²) in [4.78, 5) is 11.1. The maximum absolute atomic E-state index is 11.1. The van der Waals surface area contributed by atoms with Gasteiger partial charge in [0, 0.05) is 13.7 Å². The molecule has 0 rings (SSSR count). The molecule has 84 valence electrons. The molecule has 0 heterocycles. The molecule has 0 saturated heterocycles. The summed E-state index contributed by atoms with van der Waals surface area (Å²) in [7, 11) is 1.69. The molecule has 0 N–H and O–H groups in total. The summed E-state index contributed by atoms with van der Waals surface area (Å²) in [5, 5.41) is -0.269. The summed E-state index contributed by atoms with van der Waals surface area (Å²) in [6.07, 6.45) is 3.67. The van der Waals surface area contributed by atoms with Crippen LogP contribution in [-0.4, -0.2) is 31.5 Å². The molecule has 0 bridgehead atoms. The minimum atomic E-state index is -0.269. The molecule has 0 aliphatic carbocycles. The van der Waals surface area contributed by atoms with Gasteiger partial charge in [-0.25, -0.2) is 0 Å². The van der Waals surface area contributed by atoms with Crippen molar-refractivity contribution in [3.05, 3.63) is 0 Å². The lowest BCUT2D eigenvalue weighted by atomic mass is 10.2. The maximum Gasteiger partial charge on any atom is 0.318 e. The fourth-order valence-corrected chi connectivity index (χ4v) is 1.04. The molecule has 1 atom stereocenters. The molecule has 0 aromatic rings. The molecule has 0 radical (unpaired) electrons. The molecule has 0 aliphatic rings. The Morgan fingerprint density at radius 3 is 2.50 bits per heavy atom. The van der Waals surface area contributed by atoms with Crippen molar-refractivity contribution in [3.63, 3.8) is 0 Å². The molecule has 0 amide bonds. The lowest BCUT2D eigenvalue weighted by Gasteiger charge is -2.08. The maximum atomic E-state index is 11.1. The largest absolute Gasteiger partial charge is 0.465 e. The summed E-state index contributed by atoms with van der Waals surface area (Å²) < 4.78 is 9.92. The van der Waals surface area contributed by atoms with E-state index < -0.39 is 0 Å². The van der Waals surface area contributed by atoms with Gasteiger partial charge in [0.25, 0.3) is 0 Å². The highest BCUT2D eigenvalue weighted by Gasteiger charge is 2.11. The number of ether oxygens (including phenoxy) is 2. The van der Waals surface area contributed by atoms with Crippen molar-refractivity contribution in [1.29, 1.82) is 0 Å². The minimum Gasteiger partial charge on any atom is -0.465 e. The van der Waals surface area contributed by atoms with E-state index in [-0.39, 0.29) is 11.2 Å². The van der Waals surface area contributed by atoms with Crippen molar-refractivity contribution in [3.8, 4) is 0 Å². The van der Waals surface area contributed by atoms with E-state index in [0.717, 1.165) is 25.9 Å². The van der Waals surface area contributed by atoms with Gasteiger partial charge in [-0.2, -0.15) is 12.6 Å². The van der Waals surface area contributed by atoms with Gasteiger partial charge in [-0.1, -0.05) is 6.92 Å². The number of unbranched alkanes of at least 4 members (excludes halogenated alkanes) is 2. The second-order valence-electron chi connectivity index (χ2n) is 3.15. The van der Waals surface area contributed by atoms with Crippen LogP contribution in [0.2, 0.25) is 0 Å². The zero-order valence-electron chi connectivity index (χ0n) is 8.99. The summed E-state index contributed by atoms with van der Waals surface area (Å²) in [6, 6.07) is 0. The fraction of sp³-hybridized carbons (Fsp3) is 0.900. The lowest BCUT2D eigenvalue weighted by Crippen LogP contribution is -2.17. The quantitative estimate of drug-likeness (QED) is 0.386. The van der Waals surface area contributed by atoms with Crippen LogP contribution in [-0.2, 0) is 14.3 Å². The smallest absolute Gasteiger partial charge is 0.318 e. The third-order valence-corrected chi connectivity index (χ3v) is 2.47. The van der Waals surface area contributed by atoms with E-state index in [1.807, 2.05) is 6.92 Å². The number of methoxy groups -OCH3 is 1. The van der Waals surface area contributed by atoms with Crippen LogP contribution in [0.4, 0.5) is 0 Å². The molecule has 14 heavy (non-hydrogen) atoms. The Kier molecular flexibility index (Phi) is 9.19. The van der Waals surface area contributed by atoms with Gasteiger partial charge in [-0.05, 0) is 25.7 Å². The van der Waals surface area contributed by atoms with Gasteiger partial charge in [0.2, 0.25) is 0 Å². The highest BCUT2D eigenvalue weighted by atomic mass is 32.1. The Bertz CT molecular complexity index is 150. The molecule has 0 spiro atoms. The Morgan fingerprint density at radius 2 is 1.93 bits per heavy atom. The van der Waals surface area contributed by atoms with E-state index in [2.05, 4.69) is 12.6 Å². The zero-order valence-corrected chi connectivity index (χ0v) is 9.89. The van der Waals surface area contributed by atoms with Crippen LogP contribution in [0, 0.1) is 0 Å². The first kappa shape index (κ1) is 13.8. The van der Waals surface area contributed by atoms with E-state index in [9.17, 15) is 4.79 Å². The monoisotopic (exact) mass is 220 g/mol. The number of hydrogen-bond donors (Lipinski definition) is 1. The summed E-state index contributed by atoms with van der Waals surface area (Å²) in [5.41, 5.74) is 0. The SMILES string of the molecule is CCC(S)C(=O)OCCCCCOC. The van der Waals surface area contributed by atoms with E-state index >= 15 is 0 Å². The first-order valence-corrected chi connectivity index (χ1v) is 5.57. The number of carbonyl (C=O) groups is 1. The second kappa shape index (κ2) is 9.34. The van der Waals surface area contributed by atoms with Gasteiger partial charge < -0.3 is 9.47 Å². The molecule has 0 saturated carbocycles. The van der Waals surface area contributed by atoms with Crippen LogP contribution < -0.4 is 0 Å². The second-order valence-corrected chi connectivity index (χ2v) is 3.77. The topological polar surface area (TPSA) is 35.5 Å². The van der Waals surface area contributed by atoms with Crippen molar-refractivity contribution in [2.45, 2.75) is 37.9 Å². The van der Waals surface area contributed by atoms with Crippen LogP contribution in [0.5, 0.6) is 0 Å². The Labute approximate surface area is 91.6 Å². The number of carbonyl (C=O) groups excluding carboxylic acids is 1. The Balaban J connectivity index is 3.23. The average molecular weight is 220 g/mol. The van der Waals surface area contributed by atoms with Crippen LogP contribution in [0.3, 0.4) is 0 Å². The van der Waals surface area contributed by atoms with E-state index in [1.165, 1.54) is 0 Å². The fourth-order valence-electron chi connectivity index (χ4n) is 0.961. The Morgan fingerprint density at radius 1 is 1.29 bits per heavy atom. The predicted molar refractivity (Wildman–Crippen MR) is 59.8 cm³/mol. The number of thiol groups is 1. The van der Waals surface area contributed by atoms with Gasteiger partial charge in [0.15, 0.2) is 0 Å². The summed E-state index contributed by atoms with van der Waals surface area (Å²) in [5.74, 6) is -0.206. The number of rotatable bonds is 8. The Hall–Kier alpha value is -0.220. The van der Waals surface area contributed by atoms with Gasteiger partial charge in [-0.3, -0.25) is 4.79 Å². The predicted octanol–water partition coefficient (Wildman–Crippen LogP) is 2.05. The highest BCUT2D eigenvalue weighted by molar-refractivity contribution is 7.81.